The molecule has 1 aromatic rings. The van der Waals surface area contributed by atoms with E-state index in [2.05, 4.69) is 5.32 Å². The number of hydrogen-bond acceptors (Lipinski definition) is 4. The third-order valence-electron chi connectivity index (χ3n) is 2.24. The van der Waals surface area contributed by atoms with Crippen molar-refractivity contribution in [3.05, 3.63) is 24.3 Å². The summed E-state index contributed by atoms with van der Waals surface area (Å²) >= 11 is 0. The second-order valence-electron chi connectivity index (χ2n) is 4.28. The first-order valence-corrected chi connectivity index (χ1v) is 5.77. The second kappa shape index (κ2) is 6.47. The summed E-state index contributed by atoms with van der Waals surface area (Å²) in [5.41, 5.74) is 0. The summed E-state index contributed by atoms with van der Waals surface area (Å²) in [6.45, 7) is 5.70. The number of ether oxygens (including phenoxy) is 2. The number of nitrogens with one attached hydrogen (secondary N) is 1. The predicted octanol–water partition coefficient (Wildman–Crippen LogP) is 1.78. The molecule has 0 aliphatic carbocycles. The van der Waals surface area contributed by atoms with E-state index in [0.717, 1.165) is 5.75 Å². The smallest absolute Gasteiger partial charge is 0.176 e. The van der Waals surface area contributed by atoms with Crippen LogP contribution in [0.3, 0.4) is 0 Å². The van der Waals surface area contributed by atoms with Crippen LogP contribution in [0.5, 0.6) is 11.5 Å². The van der Waals surface area contributed by atoms with Gasteiger partial charge in [0.15, 0.2) is 6.23 Å². The van der Waals surface area contributed by atoms with Gasteiger partial charge in [-0.05, 0) is 32.9 Å². The fourth-order valence-corrected chi connectivity index (χ4v) is 1.42. The standard InChI is InChI=1S/C13H21NO3/c1-9(2)14-13(10(3)15)17-12-7-5-6-11(8-12)16-4/h5-10,13-15H,1-4H3. The molecule has 0 aliphatic rings. The summed E-state index contributed by atoms with van der Waals surface area (Å²) in [6, 6.07) is 7.56. The monoisotopic (exact) mass is 239 g/mol. The number of aliphatic hydroxyl groups excluding tert-OH is 1. The molecule has 17 heavy (non-hydrogen) atoms. The number of benzene rings is 1. The van der Waals surface area contributed by atoms with E-state index >= 15 is 0 Å². The molecule has 0 spiro atoms. The average Bonchev–Trinajstić information content (AvgIpc) is 2.27. The molecule has 0 bridgehead atoms. The first-order valence-electron chi connectivity index (χ1n) is 5.77. The van der Waals surface area contributed by atoms with Gasteiger partial charge in [0, 0.05) is 12.1 Å². The van der Waals surface area contributed by atoms with Crippen LogP contribution < -0.4 is 14.8 Å². The van der Waals surface area contributed by atoms with Gasteiger partial charge in [-0.1, -0.05) is 6.07 Å². The summed E-state index contributed by atoms with van der Waals surface area (Å²) in [5, 5.41) is 12.8. The lowest BCUT2D eigenvalue weighted by Gasteiger charge is -2.25. The van der Waals surface area contributed by atoms with Crippen LogP contribution in [0.4, 0.5) is 0 Å². The lowest BCUT2D eigenvalue weighted by Crippen LogP contribution is -2.46. The highest BCUT2D eigenvalue weighted by atomic mass is 16.5. The molecule has 0 amide bonds. The Kier molecular flexibility index (Phi) is 5.25. The van der Waals surface area contributed by atoms with Crippen molar-refractivity contribution in [2.24, 2.45) is 0 Å². The fourth-order valence-electron chi connectivity index (χ4n) is 1.42. The third kappa shape index (κ3) is 4.63. The van der Waals surface area contributed by atoms with Gasteiger partial charge in [0.05, 0.1) is 7.11 Å². The SMILES string of the molecule is COc1cccc(OC(NC(C)C)C(C)O)c1. The lowest BCUT2D eigenvalue weighted by atomic mass is 10.3. The van der Waals surface area contributed by atoms with Crippen LogP contribution in [-0.4, -0.2) is 30.6 Å². The minimum absolute atomic E-state index is 0.236. The van der Waals surface area contributed by atoms with Gasteiger partial charge in [-0.3, -0.25) is 5.32 Å². The van der Waals surface area contributed by atoms with Crippen molar-refractivity contribution in [2.75, 3.05) is 7.11 Å². The van der Waals surface area contributed by atoms with Crippen molar-refractivity contribution in [1.29, 1.82) is 0 Å². The van der Waals surface area contributed by atoms with Gasteiger partial charge in [0.1, 0.15) is 17.6 Å². The molecule has 2 atom stereocenters. The minimum atomic E-state index is -0.594. The van der Waals surface area contributed by atoms with Crippen LogP contribution in [-0.2, 0) is 0 Å². The first-order chi connectivity index (χ1) is 8.02. The highest BCUT2D eigenvalue weighted by molar-refractivity contribution is 5.32. The van der Waals surface area contributed by atoms with Crippen molar-refractivity contribution < 1.29 is 14.6 Å². The normalized spacial score (nSPS) is 14.5. The molecule has 1 rings (SSSR count). The van der Waals surface area contributed by atoms with E-state index in [-0.39, 0.29) is 6.04 Å². The van der Waals surface area contributed by atoms with E-state index in [4.69, 9.17) is 9.47 Å². The molecular formula is C13H21NO3. The largest absolute Gasteiger partial charge is 0.497 e. The van der Waals surface area contributed by atoms with Crippen molar-refractivity contribution in [3.63, 3.8) is 0 Å². The molecule has 0 saturated carbocycles. The van der Waals surface area contributed by atoms with Crippen LogP contribution >= 0.6 is 0 Å². The topological polar surface area (TPSA) is 50.7 Å². The van der Waals surface area contributed by atoms with Crippen molar-refractivity contribution in [1.82, 2.24) is 5.32 Å². The number of rotatable bonds is 6. The Morgan fingerprint density at radius 2 is 1.82 bits per heavy atom. The Labute approximate surface area is 103 Å². The van der Waals surface area contributed by atoms with Crippen LogP contribution in [0.15, 0.2) is 24.3 Å². The summed E-state index contributed by atoms with van der Waals surface area (Å²) in [5.74, 6) is 1.40. The Balaban J connectivity index is 2.71. The minimum Gasteiger partial charge on any atom is -0.497 e. The predicted molar refractivity (Wildman–Crippen MR) is 67.4 cm³/mol. The number of aliphatic hydroxyl groups is 1. The number of methoxy groups -OCH3 is 1. The van der Waals surface area contributed by atoms with Gasteiger partial charge in [-0.2, -0.15) is 0 Å². The summed E-state index contributed by atoms with van der Waals surface area (Å²) in [6.07, 6.45) is -1.02. The fraction of sp³-hybridized carbons (Fsp3) is 0.538. The van der Waals surface area contributed by atoms with Crippen molar-refractivity contribution >= 4 is 0 Å². The van der Waals surface area contributed by atoms with Gasteiger partial charge in [0.25, 0.3) is 0 Å². The summed E-state index contributed by atoms with van der Waals surface area (Å²) < 4.78 is 10.8. The quantitative estimate of drug-likeness (QED) is 0.743. The van der Waals surface area contributed by atoms with Crippen LogP contribution in [0.25, 0.3) is 0 Å². The Hall–Kier alpha value is -1.26. The Morgan fingerprint density at radius 1 is 1.18 bits per heavy atom. The first kappa shape index (κ1) is 13.8. The molecule has 0 radical (unpaired) electrons. The van der Waals surface area contributed by atoms with Crippen molar-refractivity contribution in [3.8, 4) is 11.5 Å². The van der Waals surface area contributed by atoms with Gasteiger partial charge < -0.3 is 14.6 Å². The van der Waals surface area contributed by atoms with E-state index < -0.39 is 12.3 Å². The van der Waals surface area contributed by atoms with Crippen LogP contribution in [0, 0.1) is 0 Å². The number of hydrogen-bond donors (Lipinski definition) is 2. The summed E-state index contributed by atoms with van der Waals surface area (Å²) in [7, 11) is 1.61. The van der Waals surface area contributed by atoms with Crippen LogP contribution in [0.2, 0.25) is 0 Å². The highest BCUT2D eigenvalue weighted by Crippen LogP contribution is 2.20. The third-order valence-corrected chi connectivity index (χ3v) is 2.24. The lowest BCUT2D eigenvalue weighted by molar-refractivity contribution is 0.0217. The zero-order valence-electron chi connectivity index (χ0n) is 10.8. The van der Waals surface area contributed by atoms with E-state index in [0.29, 0.717) is 5.75 Å². The molecule has 0 heterocycles. The highest BCUT2D eigenvalue weighted by Gasteiger charge is 2.17. The molecule has 0 saturated heterocycles. The maximum absolute atomic E-state index is 9.63. The van der Waals surface area contributed by atoms with E-state index in [1.54, 1.807) is 20.1 Å². The van der Waals surface area contributed by atoms with Crippen LogP contribution in [0.1, 0.15) is 20.8 Å². The zero-order chi connectivity index (χ0) is 12.8. The van der Waals surface area contributed by atoms with Crippen molar-refractivity contribution in [2.45, 2.75) is 39.1 Å². The Morgan fingerprint density at radius 3 is 2.35 bits per heavy atom. The van der Waals surface area contributed by atoms with Gasteiger partial charge >= 0.3 is 0 Å². The molecular weight excluding hydrogens is 218 g/mol. The molecule has 0 fully saturated rings. The maximum atomic E-state index is 9.63. The van der Waals surface area contributed by atoms with Gasteiger partial charge in [-0.15, -0.1) is 0 Å². The molecule has 4 heteroatoms. The maximum Gasteiger partial charge on any atom is 0.176 e. The molecule has 1 aromatic carbocycles. The molecule has 2 unspecified atom stereocenters. The van der Waals surface area contributed by atoms with Gasteiger partial charge in [-0.25, -0.2) is 0 Å². The summed E-state index contributed by atoms with van der Waals surface area (Å²) in [4.78, 5) is 0. The second-order valence-corrected chi connectivity index (χ2v) is 4.28. The van der Waals surface area contributed by atoms with E-state index in [1.165, 1.54) is 0 Å². The van der Waals surface area contributed by atoms with E-state index in [1.807, 2.05) is 32.0 Å². The molecule has 96 valence electrons. The molecule has 0 aromatic heterocycles. The molecule has 2 N–H and O–H groups in total. The average molecular weight is 239 g/mol. The van der Waals surface area contributed by atoms with Gasteiger partial charge in [0.2, 0.25) is 0 Å². The molecule has 4 nitrogen and oxygen atoms in total. The Bertz CT molecular complexity index is 339. The van der Waals surface area contributed by atoms with E-state index in [9.17, 15) is 5.11 Å². The molecule has 0 aliphatic heterocycles. The zero-order valence-corrected chi connectivity index (χ0v) is 10.8.